The predicted molar refractivity (Wildman–Crippen MR) is 127 cm³/mol. The quantitative estimate of drug-likeness (QED) is 0.257. The van der Waals surface area contributed by atoms with E-state index in [-0.39, 0.29) is 23.4 Å². The highest BCUT2D eigenvalue weighted by Crippen LogP contribution is 2.33. The fraction of sp³-hybridized carbons (Fsp3) is 0.231. The molecule has 0 radical (unpaired) electrons. The van der Waals surface area contributed by atoms with E-state index in [0.717, 1.165) is 27.2 Å². The van der Waals surface area contributed by atoms with Crippen molar-refractivity contribution in [3.8, 4) is 22.5 Å². The van der Waals surface area contributed by atoms with E-state index in [4.69, 9.17) is 0 Å². The van der Waals surface area contributed by atoms with E-state index in [2.05, 4.69) is 20.3 Å². The first-order chi connectivity index (χ1) is 16.6. The highest BCUT2D eigenvalue weighted by Gasteiger charge is 2.31. The molecule has 4 aromatic rings. The first kappa shape index (κ1) is 24.0. The Labute approximate surface area is 201 Å². The van der Waals surface area contributed by atoms with Gasteiger partial charge in [0, 0.05) is 41.5 Å². The number of nitrogens with one attached hydrogen (secondary N) is 2. The van der Waals surface area contributed by atoms with Crippen LogP contribution >= 0.6 is 0 Å². The summed E-state index contributed by atoms with van der Waals surface area (Å²) in [6, 6.07) is 13.0. The van der Waals surface area contributed by atoms with E-state index in [1.807, 2.05) is 32.0 Å². The summed E-state index contributed by atoms with van der Waals surface area (Å²) in [4.78, 5) is 24.6. The average Bonchev–Trinajstić information content (AvgIpc) is 3.13. The van der Waals surface area contributed by atoms with Crippen LogP contribution in [0, 0.1) is 20.8 Å². The lowest BCUT2D eigenvalue weighted by atomic mass is 10.0. The molecular weight excluding hydrogens is 452 g/mol. The number of hydrogen-bond acceptors (Lipinski definition) is 4. The summed E-state index contributed by atoms with van der Waals surface area (Å²) in [6.07, 6.45) is 1.16. The van der Waals surface area contributed by atoms with Crippen LogP contribution in [0.15, 0.2) is 54.9 Å². The number of nitrogens with zero attached hydrogens (tertiary/aromatic N) is 3. The monoisotopic (exact) mass is 478 g/mol. The van der Waals surface area contributed by atoms with Gasteiger partial charge in [0.15, 0.2) is 5.69 Å². The van der Waals surface area contributed by atoms with Gasteiger partial charge >= 0.3 is 11.7 Å². The molecule has 0 spiro atoms. The molecule has 0 saturated carbocycles. The van der Waals surface area contributed by atoms with Gasteiger partial charge in [0.25, 0.3) is 11.6 Å². The highest BCUT2D eigenvalue weighted by atomic mass is 19.3. The van der Waals surface area contributed by atoms with Gasteiger partial charge in [-0.15, -0.1) is 0 Å². The largest absolute Gasteiger partial charge is 0.349 e. The lowest BCUT2D eigenvalue weighted by Gasteiger charge is -2.15. The van der Waals surface area contributed by atoms with Gasteiger partial charge in [-0.25, -0.2) is 23.7 Å². The summed E-state index contributed by atoms with van der Waals surface area (Å²) < 4.78 is 28.9. The second kappa shape index (κ2) is 9.25. The standard InChI is InChI=1S/C26H25F2N5O2/c1-5-26(27,28)20-10-7-11-21(13-20)32-25(34)23-17(4)31-24(33(23)35)19-9-6-8-18(12-19)22-15(2)29-14-30-16(22)3/h6-14,35H,5H2,1-4H3,(H,32,34)/p+1. The van der Waals surface area contributed by atoms with Crippen LogP contribution in [0.25, 0.3) is 22.5 Å². The van der Waals surface area contributed by atoms with Crippen LogP contribution in [0.3, 0.4) is 0 Å². The molecule has 9 heteroatoms. The van der Waals surface area contributed by atoms with E-state index in [1.165, 1.54) is 37.5 Å². The molecule has 2 aromatic heterocycles. The third-order valence-corrected chi connectivity index (χ3v) is 5.94. The van der Waals surface area contributed by atoms with Gasteiger partial charge in [-0.1, -0.05) is 31.2 Å². The first-order valence-electron chi connectivity index (χ1n) is 11.1. The van der Waals surface area contributed by atoms with Crippen molar-refractivity contribution < 1.29 is 23.5 Å². The number of carbonyl (C=O) groups is 1. The van der Waals surface area contributed by atoms with E-state index in [0.29, 0.717) is 17.1 Å². The average molecular weight is 479 g/mol. The smallest absolute Gasteiger partial charge is 0.327 e. The molecule has 2 aromatic carbocycles. The number of amides is 1. The predicted octanol–water partition coefficient (Wildman–Crippen LogP) is 5.34. The van der Waals surface area contributed by atoms with E-state index >= 15 is 0 Å². The molecule has 1 amide bonds. The van der Waals surface area contributed by atoms with E-state index in [9.17, 15) is 18.8 Å². The molecule has 0 aliphatic heterocycles. The zero-order valence-corrected chi connectivity index (χ0v) is 19.9. The molecule has 0 saturated heterocycles. The Morgan fingerprint density at radius 3 is 2.40 bits per heavy atom. The van der Waals surface area contributed by atoms with Crippen molar-refractivity contribution in [3.63, 3.8) is 0 Å². The minimum Gasteiger partial charge on any atom is -0.349 e. The van der Waals surface area contributed by atoms with Gasteiger partial charge in [0.05, 0.1) is 5.56 Å². The Bertz CT molecular complexity index is 1390. The number of H-pyrrole nitrogens is 1. The molecule has 0 atom stereocenters. The van der Waals surface area contributed by atoms with Gasteiger partial charge in [-0.05, 0) is 48.4 Å². The van der Waals surface area contributed by atoms with Gasteiger partial charge in [0.2, 0.25) is 0 Å². The zero-order valence-electron chi connectivity index (χ0n) is 19.9. The number of aromatic nitrogens is 4. The van der Waals surface area contributed by atoms with Crippen molar-refractivity contribution in [2.75, 3.05) is 5.32 Å². The molecule has 3 N–H and O–H groups in total. The summed E-state index contributed by atoms with van der Waals surface area (Å²) in [6.45, 7) is 6.84. The second-order valence-corrected chi connectivity index (χ2v) is 8.35. The normalized spacial score (nSPS) is 11.5. The molecule has 35 heavy (non-hydrogen) atoms. The van der Waals surface area contributed by atoms with Gasteiger partial charge in [0.1, 0.15) is 6.33 Å². The number of carbonyl (C=O) groups excluding carboxylic acids is 1. The van der Waals surface area contributed by atoms with E-state index in [1.54, 1.807) is 13.0 Å². The second-order valence-electron chi connectivity index (χ2n) is 8.35. The number of benzene rings is 2. The Morgan fingerprint density at radius 1 is 1.06 bits per heavy atom. The maximum Gasteiger partial charge on any atom is 0.327 e. The van der Waals surface area contributed by atoms with Crippen LogP contribution < -0.4 is 10.0 Å². The van der Waals surface area contributed by atoms with Gasteiger partial charge < -0.3 is 10.5 Å². The van der Waals surface area contributed by atoms with Crippen LogP contribution in [0.4, 0.5) is 14.5 Å². The number of rotatable bonds is 6. The maximum atomic E-state index is 14.1. The van der Waals surface area contributed by atoms with Crippen molar-refractivity contribution in [1.82, 2.24) is 15.0 Å². The number of halogens is 2. The van der Waals surface area contributed by atoms with Crippen LogP contribution in [-0.4, -0.2) is 26.1 Å². The Hall–Kier alpha value is -4.14. The number of alkyl halides is 2. The minimum absolute atomic E-state index is 0.0338. The molecule has 4 rings (SSSR count). The van der Waals surface area contributed by atoms with Gasteiger partial charge in [-0.3, -0.25) is 4.79 Å². The molecular formula is C26H26F2N5O2+. The third kappa shape index (κ3) is 4.62. The Balaban J connectivity index is 1.67. The lowest BCUT2D eigenvalue weighted by molar-refractivity contribution is -0.896. The van der Waals surface area contributed by atoms with Crippen molar-refractivity contribution in [3.05, 3.63) is 83.2 Å². The van der Waals surface area contributed by atoms with Crippen molar-refractivity contribution in [2.24, 2.45) is 0 Å². The summed E-state index contributed by atoms with van der Waals surface area (Å²) in [5.41, 5.74) is 4.45. The number of aromatic amines is 1. The van der Waals surface area contributed by atoms with Crippen molar-refractivity contribution in [2.45, 2.75) is 40.0 Å². The third-order valence-electron chi connectivity index (χ3n) is 5.94. The minimum atomic E-state index is -3.00. The molecule has 0 fully saturated rings. The maximum absolute atomic E-state index is 14.1. The molecule has 0 bridgehead atoms. The summed E-state index contributed by atoms with van der Waals surface area (Å²) in [7, 11) is 0. The summed E-state index contributed by atoms with van der Waals surface area (Å²) >= 11 is 0. The molecule has 180 valence electrons. The van der Waals surface area contributed by atoms with Crippen molar-refractivity contribution >= 4 is 11.6 Å². The number of anilines is 1. The lowest BCUT2D eigenvalue weighted by Crippen LogP contribution is -2.39. The highest BCUT2D eigenvalue weighted by molar-refractivity contribution is 6.02. The first-order valence-corrected chi connectivity index (χ1v) is 11.1. The van der Waals surface area contributed by atoms with Crippen molar-refractivity contribution in [1.29, 1.82) is 0 Å². The molecule has 0 aliphatic rings. The molecule has 2 heterocycles. The summed E-state index contributed by atoms with van der Waals surface area (Å²) in [5.74, 6) is -3.34. The zero-order chi connectivity index (χ0) is 25.3. The van der Waals surface area contributed by atoms with Gasteiger partial charge in [-0.2, -0.15) is 0 Å². The SMILES string of the molecule is CCC(F)(F)c1cccc(NC(=O)c2c(C)[nH]c(-c3cccc(-c4c(C)ncnc4C)c3)[n+]2O)c1. The van der Waals surface area contributed by atoms with Crippen LogP contribution in [0.5, 0.6) is 0 Å². The summed E-state index contributed by atoms with van der Waals surface area (Å²) in [5, 5.41) is 13.5. The Morgan fingerprint density at radius 2 is 1.71 bits per heavy atom. The molecule has 0 aliphatic carbocycles. The molecule has 0 unspecified atom stereocenters. The fourth-order valence-electron chi connectivity index (χ4n) is 4.07. The van der Waals surface area contributed by atoms with E-state index < -0.39 is 11.8 Å². The topological polar surface area (TPSA) is 94.8 Å². The van der Waals surface area contributed by atoms with Crippen LogP contribution in [-0.2, 0) is 5.92 Å². The fourth-order valence-corrected chi connectivity index (χ4v) is 4.07. The number of hydrogen-bond donors (Lipinski definition) is 3. The Kier molecular flexibility index (Phi) is 6.34. The number of aryl methyl sites for hydroxylation is 3. The number of imidazole rings is 1. The van der Waals surface area contributed by atoms with Crippen LogP contribution in [0.2, 0.25) is 0 Å². The van der Waals surface area contributed by atoms with Crippen LogP contribution in [0.1, 0.15) is 46.5 Å². The molecule has 7 nitrogen and oxygen atoms in total.